The molecule has 4 atom stereocenters. The Kier molecular flexibility index (Phi) is 3.48. The molecule has 0 aliphatic carbocycles. The summed E-state index contributed by atoms with van der Waals surface area (Å²) in [7, 11) is 0. The summed E-state index contributed by atoms with van der Waals surface area (Å²) in [6, 6.07) is 0. The Morgan fingerprint density at radius 2 is 2.24 bits per heavy atom. The first-order chi connectivity index (χ1) is 11.8. The van der Waals surface area contributed by atoms with Crippen LogP contribution in [-0.2, 0) is 9.53 Å². The van der Waals surface area contributed by atoms with Gasteiger partial charge in [-0.15, -0.1) is 0 Å². The first-order valence-corrected chi connectivity index (χ1v) is 7.92. The van der Waals surface area contributed by atoms with E-state index in [0.29, 0.717) is 28.4 Å². The van der Waals surface area contributed by atoms with Crippen LogP contribution in [0.15, 0.2) is 6.20 Å². The topological polar surface area (TPSA) is 142 Å². The Morgan fingerprint density at radius 3 is 2.92 bits per heavy atom. The first kappa shape index (κ1) is 16.2. The van der Waals surface area contributed by atoms with Gasteiger partial charge in [-0.1, -0.05) is 0 Å². The van der Waals surface area contributed by atoms with Crippen LogP contribution in [0.5, 0.6) is 0 Å². The molecule has 10 heteroatoms. The van der Waals surface area contributed by atoms with Crippen molar-refractivity contribution >= 4 is 28.4 Å². The van der Waals surface area contributed by atoms with Crippen LogP contribution in [-0.4, -0.2) is 66.7 Å². The van der Waals surface area contributed by atoms with E-state index in [1.54, 1.807) is 17.7 Å². The van der Waals surface area contributed by atoms with E-state index in [0.717, 1.165) is 0 Å². The molecule has 25 heavy (non-hydrogen) atoms. The molecule has 10 nitrogen and oxygen atoms in total. The van der Waals surface area contributed by atoms with Gasteiger partial charge in [-0.05, 0) is 13.8 Å². The molecule has 0 saturated carbocycles. The molecular weight excluding hydrogens is 330 g/mol. The molecule has 134 valence electrons. The zero-order chi connectivity index (χ0) is 17.9. The molecule has 1 unspecified atom stereocenters. The fourth-order valence-electron chi connectivity index (χ4n) is 3.41. The van der Waals surface area contributed by atoms with Crippen molar-refractivity contribution in [3.8, 4) is 0 Å². The van der Waals surface area contributed by atoms with Crippen molar-refractivity contribution in [2.75, 3.05) is 23.8 Å². The lowest BCUT2D eigenvalue weighted by molar-refractivity contribution is -0.114. The summed E-state index contributed by atoms with van der Waals surface area (Å²) in [5.74, 6) is 0.751. The van der Waals surface area contributed by atoms with Gasteiger partial charge in [0, 0.05) is 6.20 Å². The summed E-state index contributed by atoms with van der Waals surface area (Å²) in [5, 5.41) is 36.6. The maximum atomic E-state index is 11.9. The Bertz CT molecular complexity index is 864. The van der Waals surface area contributed by atoms with Gasteiger partial charge in [0.25, 0.3) is 0 Å². The number of amides is 1. The van der Waals surface area contributed by atoms with Crippen molar-refractivity contribution in [3.63, 3.8) is 0 Å². The minimum atomic E-state index is -1.66. The number of carbonyl (C=O) groups excluding carboxylic acids is 1. The van der Waals surface area contributed by atoms with E-state index in [2.05, 4.69) is 20.6 Å². The SMILES string of the molecule is Cc1nc2c3c(cn(C4O[C@H](CO)[C@@H](O)[C@@]4(C)O)c3n1)NC(=O)CN2. The van der Waals surface area contributed by atoms with Crippen LogP contribution in [0.1, 0.15) is 19.0 Å². The monoisotopic (exact) mass is 349 g/mol. The minimum Gasteiger partial charge on any atom is -0.394 e. The molecule has 2 aliphatic heterocycles. The number of aliphatic hydroxyl groups is 3. The highest BCUT2D eigenvalue weighted by Crippen LogP contribution is 2.42. The highest BCUT2D eigenvalue weighted by atomic mass is 16.6. The number of anilines is 2. The lowest BCUT2D eigenvalue weighted by Crippen LogP contribution is -2.44. The molecule has 4 rings (SSSR count). The minimum absolute atomic E-state index is 0.0865. The van der Waals surface area contributed by atoms with E-state index in [-0.39, 0.29) is 12.5 Å². The highest BCUT2D eigenvalue weighted by Gasteiger charge is 2.53. The molecule has 0 spiro atoms. The number of nitrogens with zero attached hydrogens (tertiary/aromatic N) is 3. The molecule has 1 amide bonds. The van der Waals surface area contributed by atoms with Gasteiger partial charge in [0.2, 0.25) is 5.91 Å². The summed E-state index contributed by atoms with van der Waals surface area (Å²) in [5.41, 5.74) is -0.721. The number of nitrogens with one attached hydrogen (secondary N) is 2. The van der Waals surface area contributed by atoms with Gasteiger partial charge in [-0.3, -0.25) is 4.79 Å². The molecular formula is C15H19N5O5. The number of aromatic nitrogens is 3. The molecule has 0 aromatic carbocycles. The van der Waals surface area contributed by atoms with Crippen LogP contribution in [0.3, 0.4) is 0 Å². The van der Waals surface area contributed by atoms with Gasteiger partial charge in [0.15, 0.2) is 6.23 Å². The largest absolute Gasteiger partial charge is 0.394 e. The molecule has 0 bridgehead atoms. The van der Waals surface area contributed by atoms with Gasteiger partial charge < -0.3 is 35.3 Å². The maximum Gasteiger partial charge on any atom is 0.243 e. The number of aryl methyl sites for hydroxylation is 1. The highest BCUT2D eigenvalue weighted by molar-refractivity contribution is 6.09. The van der Waals surface area contributed by atoms with Crippen LogP contribution in [0.25, 0.3) is 11.0 Å². The Morgan fingerprint density at radius 1 is 1.48 bits per heavy atom. The number of aliphatic hydroxyl groups excluding tert-OH is 2. The van der Waals surface area contributed by atoms with Gasteiger partial charge in [-0.2, -0.15) is 0 Å². The number of hydrogen-bond donors (Lipinski definition) is 5. The third kappa shape index (κ3) is 2.29. The Balaban J connectivity index is 1.92. The van der Waals surface area contributed by atoms with Gasteiger partial charge in [0.1, 0.15) is 35.1 Å². The molecule has 2 aromatic heterocycles. The Labute approximate surface area is 142 Å². The quantitative estimate of drug-likeness (QED) is 0.470. The predicted molar refractivity (Wildman–Crippen MR) is 87.0 cm³/mol. The van der Waals surface area contributed by atoms with Crippen LogP contribution >= 0.6 is 0 Å². The van der Waals surface area contributed by atoms with Crippen molar-refractivity contribution in [3.05, 3.63) is 12.0 Å². The van der Waals surface area contributed by atoms with Crippen molar-refractivity contribution < 1.29 is 24.9 Å². The van der Waals surface area contributed by atoms with Crippen molar-refractivity contribution in [2.45, 2.75) is 37.9 Å². The van der Waals surface area contributed by atoms with Crippen LogP contribution in [0.4, 0.5) is 11.5 Å². The van der Waals surface area contributed by atoms with E-state index in [4.69, 9.17) is 4.74 Å². The van der Waals surface area contributed by atoms with E-state index < -0.39 is 30.6 Å². The molecule has 0 radical (unpaired) electrons. The maximum absolute atomic E-state index is 11.9. The second-order valence-electron chi connectivity index (χ2n) is 6.55. The number of ether oxygens (including phenoxy) is 1. The molecule has 2 aliphatic rings. The molecule has 1 fully saturated rings. The molecule has 4 heterocycles. The third-order valence-corrected chi connectivity index (χ3v) is 4.66. The third-order valence-electron chi connectivity index (χ3n) is 4.66. The number of rotatable bonds is 2. The van der Waals surface area contributed by atoms with Gasteiger partial charge >= 0.3 is 0 Å². The Hall–Kier alpha value is -2.27. The van der Waals surface area contributed by atoms with E-state index in [1.165, 1.54) is 6.92 Å². The fraction of sp³-hybridized carbons (Fsp3) is 0.533. The van der Waals surface area contributed by atoms with Crippen LogP contribution in [0.2, 0.25) is 0 Å². The number of carbonyl (C=O) groups is 1. The standard InChI is InChI=1S/C15H19N5O5/c1-6-17-12-10-7(19-9(22)3-16-12)4-20(13(10)18-6)14-15(2,24)11(23)8(5-21)25-14/h4,8,11,14,21,23-24H,3,5H2,1-2H3,(H,19,22)(H,16,17,18)/t8-,11-,14?,15-/m1/s1. The normalized spacial score (nSPS) is 31.7. The second-order valence-corrected chi connectivity index (χ2v) is 6.55. The van der Waals surface area contributed by atoms with E-state index >= 15 is 0 Å². The zero-order valence-corrected chi connectivity index (χ0v) is 13.7. The summed E-state index contributed by atoms with van der Waals surface area (Å²) in [4.78, 5) is 20.6. The van der Waals surface area contributed by atoms with Crippen LogP contribution in [0, 0.1) is 6.92 Å². The average molecular weight is 349 g/mol. The fourth-order valence-corrected chi connectivity index (χ4v) is 3.41. The molecule has 5 N–H and O–H groups in total. The van der Waals surface area contributed by atoms with Gasteiger partial charge in [-0.25, -0.2) is 9.97 Å². The predicted octanol–water partition coefficient (Wildman–Crippen LogP) is -0.895. The lowest BCUT2D eigenvalue weighted by atomic mass is 9.96. The number of hydrogen-bond acceptors (Lipinski definition) is 8. The van der Waals surface area contributed by atoms with E-state index in [9.17, 15) is 20.1 Å². The molecule has 2 aromatic rings. The average Bonchev–Trinajstić information content (AvgIpc) is 2.94. The smallest absolute Gasteiger partial charge is 0.243 e. The summed E-state index contributed by atoms with van der Waals surface area (Å²) >= 11 is 0. The summed E-state index contributed by atoms with van der Waals surface area (Å²) in [6.45, 7) is 2.80. The van der Waals surface area contributed by atoms with Crippen molar-refractivity contribution in [2.24, 2.45) is 0 Å². The zero-order valence-electron chi connectivity index (χ0n) is 13.7. The summed E-state index contributed by atoms with van der Waals surface area (Å²) < 4.78 is 7.22. The van der Waals surface area contributed by atoms with E-state index in [1.807, 2.05) is 0 Å². The lowest BCUT2D eigenvalue weighted by Gasteiger charge is -2.27. The van der Waals surface area contributed by atoms with Gasteiger partial charge in [0.05, 0.1) is 24.2 Å². The van der Waals surface area contributed by atoms with Crippen LogP contribution < -0.4 is 10.6 Å². The second kappa shape index (κ2) is 5.36. The van der Waals surface area contributed by atoms with Crippen molar-refractivity contribution in [1.82, 2.24) is 14.5 Å². The molecule has 1 saturated heterocycles. The summed E-state index contributed by atoms with van der Waals surface area (Å²) in [6.07, 6.45) is -1.59. The van der Waals surface area contributed by atoms with Crippen molar-refractivity contribution in [1.29, 1.82) is 0 Å². The first-order valence-electron chi connectivity index (χ1n) is 7.92.